The maximum absolute atomic E-state index is 12.2. The number of esters is 1. The average molecular weight is 350 g/mol. The fourth-order valence-electron chi connectivity index (χ4n) is 3.07. The van der Waals surface area contributed by atoms with E-state index in [1.165, 1.54) is 0 Å². The Labute approximate surface area is 149 Å². The summed E-state index contributed by atoms with van der Waals surface area (Å²) in [5.41, 5.74) is 3.10. The second-order valence-electron chi connectivity index (χ2n) is 6.03. The van der Waals surface area contributed by atoms with Crippen LogP contribution in [-0.2, 0) is 9.53 Å². The third kappa shape index (κ3) is 2.56. The fraction of sp³-hybridized carbons (Fsp3) is 0.150. The van der Waals surface area contributed by atoms with Gasteiger partial charge in [0, 0.05) is 5.57 Å². The van der Waals surface area contributed by atoms with Crippen molar-refractivity contribution < 1.29 is 28.5 Å². The topological polar surface area (TPSA) is 63.2 Å². The molecule has 0 unspecified atom stereocenters. The zero-order valence-corrected chi connectivity index (χ0v) is 13.7. The minimum atomic E-state index is -0.338. The standard InChI is InChI=1S/C20H14O6/c21-20-15(6-13-2-4-17-19(8-13)26-11-24-17)14(9-22-20)5-12-1-3-16-18(7-12)25-10-23-16/h1-8H,9-11H2/b14-5+,15-6+. The second kappa shape index (κ2) is 5.84. The number of hydrogen-bond acceptors (Lipinski definition) is 6. The van der Waals surface area contributed by atoms with Gasteiger partial charge in [-0.05, 0) is 47.5 Å². The first kappa shape index (κ1) is 14.9. The van der Waals surface area contributed by atoms with Gasteiger partial charge in [-0.3, -0.25) is 0 Å². The molecule has 1 fully saturated rings. The molecule has 5 rings (SSSR count). The van der Waals surface area contributed by atoms with Gasteiger partial charge in [0.1, 0.15) is 6.61 Å². The van der Waals surface area contributed by atoms with Crippen LogP contribution in [0.3, 0.4) is 0 Å². The number of ether oxygens (including phenoxy) is 5. The van der Waals surface area contributed by atoms with Crippen LogP contribution in [-0.4, -0.2) is 26.2 Å². The fourth-order valence-corrected chi connectivity index (χ4v) is 3.07. The summed E-state index contributed by atoms with van der Waals surface area (Å²) >= 11 is 0. The van der Waals surface area contributed by atoms with E-state index in [1.807, 2.05) is 42.5 Å². The van der Waals surface area contributed by atoms with Gasteiger partial charge < -0.3 is 23.7 Å². The molecule has 1 saturated heterocycles. The molecule has 130 valence electrons. The Hall–Kier alpha value is -3.41. The highest BCUT2D eigenvalue weighted by molar-refractivity contribution is 6.02. The average Bonchev–Trinajstić information content (AvgIpc) is 3.37. The first-order valence-corrected chi connectivity index (χ1v) is 8.15. The van der Waals surface area contributed by atoms with Crippen LogP contribution in [0.1, 0.15) is 11.1 Å². The molecule has 0 bridgehead atoms. The molecular weight excluding hydrogens is 336 g/mol. The van der Waals surface area contributed by atoms with Crippen molar-refractivity contribution in [2.24, 2.45) is 0 Å². The van der Waals surface area contributed by atoms with Gasteiger partial charge in [0.15, 0.2) is 23.0 Å². The maximum Gasteiger partial charge on any atom is 0.338 e. The minimum Gasteiger partial charge on any atom is -0.457 e. The number of benzene rings is 2. The van der Waals surface area contributed by atoms with Crippen molar-refractivity contribution in [2.75, 3.05) is 20.2 Å². The lowest BCUT2D eigenvalue weighted by molar-refractivity contribution is -0.134. The lowest BCUT2D eigenvalue weighted by atomic mass is 10.0. The zero-order valence-electron chi connectivity index (χ0n) is 13.7. The molecular formula is C20H14O6. The molecule has 0 saturated carbocycles. The van der Waals surface area contributed by atoms with Crippen LogP contribution in [0.25, 0.3) is 12.2 Å². The molecule has 3 aliphatic heterocycles. The predicted octanol–water partition coefficient (Wildman–Crippen LogP) is 3.17. The molecule has 6 heteroatoms. The van der Waals surface area contributed by atoms with E-state index in [0.29, 0.717) is 22.8 Å². The van der Waals surface area contributed by atoms with Crippen molar-refractivity contribution in [3.63, 3.8) is 0 Å². The van der Waals surface area contributed by atoms with Gasteiger partial charge in [0.2, 0.25) is 13.6 Å². The van der Waals surface area contributed by atoms with Crippen LogP contribution >= 0.6 is 0 Å². The molecule has 0 radical (unpaired) electrons. The van der Waals surface area contributed by atoms with Crippen LogP contribution < -0.4 is 18.9 Å². The van der Waals surface area contributed by atoms with E-state index < -0.39 is 0 Å². The normalized spacial score (nSPS) is 20.1. The van der Waals surface area contributed by atoms with Gasteiger partial charge >= 0.3 is 5.97 Å². The number of carbonyl (C=O) groups excluding carboxylic acids is 1. The number of hydrogen-bond donors (Lipinski definition) is 0. The smallest absolute Gasteiger partial charge is 0.338 e. The Morgan fingerprint density at radius 1 is 0.692 bits per heavy atom. The Balaban J connectivity index is 1.49. The van der Waals surface area contributed by atoms with Crippen molar-refractivity contribution in [1.29, 1.82) is 0 Å². The molecule has 6 nitrogen and oxygen atoms in total. The summed E-state index contributed by atoms with van der Waals surface area (Å²) in [6, 6.07) is 11.2. The summed E-state index contributed by atoms with van der Waals surface area (Å²) in [5, 5.41) is 0. The molecule has 0 atom stereocenters. The number of rotatable bonds is 2. The van der Waals surface area contributed by atoms with E-state index in [0.717, 1.165) is 22.4 Å². The van der Waals surface area contributed by atoms with Crippen LogP contribution in [0.15, 0.2) is 47.5 Å². The largest absolute Gasteiger partial charge is 0.457 e. The lowest BCUT2D eigenvalue weighted by Gasteiger charge is -2.02. The molecule has 26 heavy (non-hydrogen) atoms. The third-order valence-electron chi connectivity index (χ3n) is 4.37. The Morgan fingerprint density at radius 2 is 1.27 bits per heavy atom. The van der Waals surface area contributed by atoms with Crippen molar-refractivity contribution in [3.8, 4) is 23.0 Å². The summed E-state index contributed by atoms with van der Waals surface area (Å²) < 4.78 is 26.6. The Kier molecular flexibility index (Phi) is 3.35. The first-order valence-electron chi connectivity index (χ1n) is 8.15. The van der Waals surface area contributed by atoms with Gasteiger partial charge in [-0.2, -0.15) is 0 Å². The van der Waals surface area contributed by atoms with Crippen LogP contribution in [0.5, 0.6) is 23.0 Å². The van der Waals surface area contributed by atoms with Crippen molar-refractivity contribution in [3.05, 3.63) is 58.7 Å². The van der Waals surface area contributed by atoms with E-state index in [1.54, 1.807) is 6.08 Å². The summed E-state index contributed by atoms with van der Waals surface area (Å²) in [4.78, 5) is 12.2. The molecule has 3 heterocycles. The lowest BCUT2D eigenvalue weighted by Crippen LogP contribution is -1.95. The molecule has 0 N–H and O–H groups in total. The highest BCUT2D eigenvalue weighted by atomic mass is 16.7. The maximum atomic E-state index is 12.2. The molecule has 0 amide bonds. The molecule has 0 spiro atoms. The predicted molar refractivity (Wildman–Crippen MR) is 92.0 cm³/mol. The molecule has 2 aromatic rings. The third-order valence-corrected chi connectivity index (χ3v) is 4.37. The number of carbonyl (C=O) groups is 1. The van der Waals surface area contributed by atoms with E-state index >= 15 is 0 Å². The monoisotopic (exact) mass is 350 g/mol. The summed E-state index contributed by atoms with van der Waals surface area (Å²) in [5.74, 6) is 2.46. The highest BCUT2D eigenvalue weighted by Gasteiger charge is 2.25. The summed E-state index contributed by atoms with van der Waals surface area (Å²) in [6.45, 7) is 0.683. The van der Waals surface area contributed by atoms with Crippen LogP contribution in [0.2, 0.25) is 0 Å². The van der Waals surface area contributed by atoms with Crippen molar-refractivity contribution in [2.45, 2.75) is 0 Å². The minimum absolute atomic E-state index is 0.215. The van der Waals surface area contributed by atoms with E-state index in [9.17, 15) is 4.79 Å². The van der Waals surface area contributed by atoms with Gasteiger partial charge in [-0.25, -0.2) is 4.79 Å². The SMILES string of the molecule is O=C1OCC(=C\c2ccc3c(c2)OCO3)/C1=C\c1ccc2c(c1)OCO2. The van der Waals surface area contributed by atoms with E-state index in [4.69, 9.17) is 23.7 Å². The van der Waals surface area contributed by atoms with Crippen molar-refractivity contribution >= 4 is 18.1 Å². The van der Waals surface area contributed by atoms with Crippen molar-refractivity contribution in [1.82, 2.24) is 0 Å². The second-order valence-corrected chi connectivity index (χ2v) is 6.03. The molecule has 3 aliphatic rings. The Bertz CT molecular complexity index is 972. The molecule has 0 aromatic heterocycles. The first-order chi connectivity index (χ1) is 12.8. The van der Waals surface area contributed by atoms with Gasteiger partial charge in [0.05, 0.1) is 5.57 Å². The van der Waals surface area contributed by atoms with E-state index in [2.05, 4.69) is 0 Å². The van der Waals surface area contributed by atoms with E-state index in [-0.39, 0.29) is 26.2 Å². The quantitative estimate of drug-likeness (QED) is 0.612. The van der Waals surface area contributed by atoms with Crippen LogP contribution in [0, 0.1) is 0 Å². The summed E-state index contributed by atoms with van der Waals surface area (Å²) in [6.07, 6.45) is 3.72. The molecule has 2 aromatic carbocycles. The molecule has 0 aliphatic carbocycles. The highest BCUT2D eigenvalue weighted by Crippen LogP contribution is 2.36. The van der Waals surface area contributed by atoms with Gasteiger partial charge in [-0.15, -0.1) is 0 Å². The Morgan fingerprint density at radius 3 is 1.92 bits per heavy atom. The van der Waals surface area contributed by atoms with Gasteiger partial charge in [0.25, 0.3) is 0 Å². The van der Waals surface area contributed by atoms with Crippen LogP contribution in [0.4, 0.5) is 0 Å². The zero-order chi connectivity index (χ0) is 17.5. The van der Waals surface area contributed by atoms with Gasteiger partial charge in [-0.1, -0.05) is 12.1 Å². The number of cyclic esters (lactones) is 1. The number of fused-ring (bicyclic) bond motifs is 2. The summed E-state index contributed by atoms with van der Waals surface area (Å²) in [7, 11) is 0.